The lowest BCUT2D eigenvalue weighted by molar-refractivity contribution is 0.409. The SMILES string of the molecule is CCCC(CCC)C(Cl)c1ccc(OC)c(C)c1. The third-order valence-electron chi connectivity index (χ3n) is 3.47. The van der Waals surface area contributed by atoms with E-state index in [-0.39, 0.29) is 5.38 Å². The molecule has 1 atom stereocenters. The number of methoxy groups -OCH3 is 1. The van der Waals surface area contributed by atoms with Crippen LogP contribution in [0, 0.1) is 12.8 Å². The Morgan fingerprint density at radius 1 is 1.17 bits per heavy atom. The molecule has 0 N–H and O–H groups in total. The predicted molar refractivity (Wildman–Crippen MR) is 79.6 cm³/mol. The second-order valence-electron chi connectivity index (χ2n) is 4.97. The highest BCUT2D eigenvalue weighted by Crippen LogP contribution is 2.36. The number of rotatable bonds is 7. The first kappa shape index (κ1) is 15.4. The molecule has 0 spiro atoms. The van der Waals surface area contributed by atoms with E-state index in [2.05, 4.69) is 32.9 Å². The minimum Gasteiger partial charge on any atom is -0.496 e. The number of hydrogen-bond donors (Lipinski definition) is 0. The number of alkyl halides is 1. The summed E-state index contributed by atoms with van der Waals surface area (Å²) in [5.74, 6) is 1.51. The van der Waals surface area contributed by atoms with Gasteiger partial charge in [0.2, 0.25) is 0 Å². The lowest BCUT2D eigenvalue weighted by Crippen LogP contribution is -2.08. The van der Waals surface area contributed by atoms with Crippen LogP contribution in [0.25, 0.3) is 0 Å². The normalized spacial score (nSPS) is 12.8. The maximum atomic E-state index is 6.66. The highest BCUT2D eigenvalue weighted by atomic mass is 35.5. The van der Waals surface area contributed by atoms with E-state index < -0.39 is 0 Å². The van der Waals surface area contributed by atoms with Crippen LogP contribution in [-0.4, -0.2) is 7.11 Å². The van der Waals surface area contributed by atoms with Gasteiger partial charge in [-0.25, -0.2) is 0 Å². The van der Waals surface area contributed by atoms with Crippen molar-refractivity contribution >= 4 is 11.6 Å². The highest BCUT2D eigenvalue weighted by molar-refractivity contribution is 6.21. The van der Waals surface area contributed by atoms with Crippen LogP contribution >= 0.6 is 11.6 Å². The summed E-state index contributed by atoms with van der Waals surface area (Å²) in [4.78, 5) is 0. The zero-order valence-corrected chi connectivity index (χ0v) is 12.8. The highest BCUT2D eigenvalue weighted by Gasteiger charge is 2.20. The van der Waals surface area contributed by atoms with Gasteiger partial charge in [-0.3, -0.25) is 0 Å². The number of hydrogen-bond acceptors (Lipinski definition) is 1. The van der Waals surface area contributed by atoms with Crippen molar-refractivity contribution in [2.45, 2.75) is 51.8 Å². The molecule has 0 heterocycles. The van der Waals surface area contributed by atoms with Gasteiger partial charge in [-0.1, -0.05) is 38.8 Å². The Balaban J connectivity index is 2.86. The Hall–Kier alpha value is -0.690. The van der Waals surface area contributed by atoms with Gasteiger partial charge in [-0.05, 0) is 42.9 Å². The van der Waals surface area contributed by atoms with Crippen molar-refractivity contribution in [3.8, 4) is 5.75 Å². The van der Waals surface area contributed by atoms with Gasteiger partial charge in [0.25, 0.3) is 0 Å². The first-order valence-corrected chi connectivity index (χ1v) is 7.36. The maximum absolute atomic E-state index is 6.66. The molecular formula is C16H25ClO. The molecule has 1 nitrogen and oxygen atoms in total. The average Bonchev–Trinajstić information content (AvgIpc) is 2.37. The fourth-order valence-electron chi connectivity index (χ4n) is 2.52. The van der Waals surface area contributed by atoms with Gasteiger partial charge < -0.3 is 4.74 Å². The van der Waals surface area contributed by atoms with E-state index in [1.54, 1.807) is 7.11 Å². The summed E-state index contributed by atoms with van der Waals surface area (Å²) < 4.78 is 5.29. The van der Waals surface area contributed by atoms with Gasteiger partial charge in [0.05, 0.1) is 12.5 Å². The summed E-state index contributed by atoms with van der Waals surface area (Å²) in [6, 6.07) is 6.28. The maximum Gasteiger partial charge on any atom is 0.121 e. The van der Waals surface area contributed by atoms with E-state index >= 15 is 0 Å². The zero-order chi connectivity index (χ0) is 13.5. The summed E-state index contributed by atoms with van der Waals surface area (Å²) in [6.07, 6.45) is 4.80. The molecule has 1 rings (SSSR count). The second kappa shape index (κ2) is 7.68. The van der Waals surface area contributed by atoms with Crippen molar-refractivity contribution in [3.63, 3.8) is 0 Å². The van der Waals surface area contributed by atoms with Crippen LogP contribution < -0.4 is 4.74 Å². The summed E-state index contributed by atoms with van der Waals surface area (Å²) in [5.41, 5.74) is 2.38. The molecular weight excluding hydrogens is 244 g/mol. The van der Waals surface area contributed by atoms with E-state index in [0.717, 1.165) is 11.3 Å². The van der Waals surface area contributed by atoms with Gasteiger partial charge in [0.1, 0.15) is 5.75 Å². The first-order valence-electron chi connectivity index (χ1n) is 6.92. The fourth-order valence-corrected chi connectivity index (χ4v) is 2.91. The summed E-state index contributed by atoms with van der Waals surface area (Å²) in [5, 5.41) is 0.120. The van der Waals surface area contributed by atoms with Crippen LogP contribution in [0.4, 0.5) is 0 Å². The van der Waals surface area contributed by atoms with Crippen LogP contribution in [0.5, 0.6) is 5.75 Å². The molecule has 0 saturated heterocycles. The Morgan fingerprint density at radius 2 is 1.78 bits per heavy atom. The molecule has 1 aromatic carbocycles. The van der Waals surface area contributed by atoms with E-state index in [1.165, 1.54) is 31.2 Å². The van der Waals surface area contributed by atoms with Crippen LogP contribution in [0.3, 0.4) is 0 Å². The molecule has 0 radical (unpaired) electrons. The Bertz CT molecular complexity index is 356. The molecule has 0 aliphatic carbocycles. The van der Waals surface area contributed by atoms with E-state index in [9.17, 15) is 0 Å². The monoisotopic (exact) mass is 268 g/mol. The molecule has 0 amide bonds. The van der Waals surface area contributed by atoms with Crippen molar-refractivity contribution in [3.05, 3.63) is 29.3 Å². The summed E-state index contributed by atoms with van der Waals surface area (Å²) >= 11 is 6.66. The molecule has 0 fully saturated rings. The number of aryl methyl sites for hydroxylation is 1. The van der Waals surface area contributed by atoms with Gasteiger partial charge >= 0.3 is 0 Å². The number of halogens is 1. The van der Waals surface area contributed by atoms with Gasteiger partial charge in [0, 0.05) is 0 Å². The second-order valence-corrected chi connectivity index (χ2v) is 5.44. The number of ether oxygens (including phenoxy) is 1. The minimum atomic E-state index is 0.120. The Morgan fingerprint density at radius 3 is 2.22 bits per heavy atom. The van der Waals surface area contributed by atoms with Crippen molar-refractivity contribution < 1.29 is 4.74 Å². The van der Waals surface area contributed by atoms with E-state index in [1.807, 2.05) is 6.07 Å². The van der Waals surface area contributed by atoms with Crippen LogP contribution in [0.2, 0.25) is 0 Å². The topological polar surface area (TPSA) is 9.23 Å². The van der Waals surface area contributed by atoms with Gasteiger partial charge in [-0.2, -0.15) is 0 Å². The third-order valence-corrected chi connectivity index (χ3v) is 4.08. The molecule has 102 valence electrons. The zero-order valence-electron chi connectivity index (χ0n) is 12.0. The molecule has 1 unspecified atom stereocenters. The smallest absolute Gasteiger partial charge is 0.121 e. The van der Waals surface area contributed by atoms with Crippen LogP contribution in [0.15, 0.2) is 18.2 Å². The molecule has 0 aliphatic rings. The van der Waals surface area contributed by atoms with Gasteiger partial charge in [0.15, 0.2) is 0 Å². The quantitative estimate of drug-likeness (QED) is 0.593. The molecule has 0 aromatic heterocycles. The lowest BCUT2D eigenvalue weighted by Gasteiger charge is -2.22. The van der Waals surface area contributed by atoms with E-state index in [4.69, 9.17) is 16.3 Å². The minimum absolute atomic E-state index is 0.120. The van der Waals surface area contributed by atoms with Crippen molar-refractivity contribution in [1.29, 1.82) is 0 Å². The lowest BCUT2D eigenvalue weighted by atomic mass is 9.90. The van der Waals surface area contributed by atoms with E-state index in [0.29, 0.717) is 5.92 Å². The molecule has 2 heteroatoms. The van der Waals surface area contributed by atoms with Crippen molar-refractivity contribution in [2.75, 3.05) is 7.11 Å². The van der Waals surface area contributed by atoms with Crippen molar-refractivity contribution in [2.24, 2.45) is 5.92 Å². The predicted octanol–water partition coefficient (Wildman–Crippen LogP) is 5.50. The Labute approximate surface area is 116 Å². The molecule has 0 aliphatic heterocycles. The van der Waals surface area contributed by atoms with Crippen molar-refractivity contribution in [1.82, 2.24) is 0 Å². The number of benzene rings is 1. The van der Waals surface area contributed by atoms with Gasteiger partial charge in [-0.15, -0.1) is 11.6 Å². The van der Waals surface area contributed by atoms with Crippen LogP contribution in [-0.2, 0) is 0 Å². The standard InChI is InChI=1S/C16H25ClO/c1-5-7-13(8-6-2)16(17)14-9-10-15(18-4)12(3)11-14/h9-11,13,16H,5-8H2,1-4H3. The molecule has 1 aromatic rings. The summed E-state index contributed by atoms with van der Waals surface area (Å²) in [7, 11) is 1.71. The average molecular weight is 269 g/mol. The largest absolute Gasteiger partial charge is 0.496 e. The van der Waals surface area contributed by atoms with Crippen LogP contribution in [0.1, 0.15) is 56.0 Å². The molecule has 0 bridgehead atoms. The fraction of sp³-hybridized carbons (Fsp3) is 0.625. The summed E-state index contributed by atoms with van der Waals surface area (Å²) in [6.45, 7) is 6.53. The first-order chi connectivity index (χ1) is 8.63. The molecule has 0 saturated carbocycles. The molecule has 18 heavy (non-hydrogen) atoms. The third kappa shape index (κ3) is 3.91. The Kier molecular flexibility index (Phi) is 6.56.